The van der Waals surface area contributed by atoms with E-state index in [-0.39, 0.29) is 5.91 Å². The third kappa shape index (κ3) is 5.03. The van der Waals surface area contributed by atoms with Crippen molar-refractivity contribution in [2.24, 2.45) is 0 Å². The summed E-state index contributed by atoms with van der Waals surface area (Å²) in [6.07, 6.45) is 5.14. The molecule has 0 saturated carbocycles. The second kappa shape index (κ2) is 10.0. The summed E-state index contributed by atoms with van der Waals surface area (Å²) in [5.74, 6) is 1.32. The van der Waals surface area contributed by atoms with Crippen LogP contribution in [0.4, 0.5) is 5.69 Å². The van der Waals surface area contributed by atoms with Crippen molar-refractivity contribution in [1.29, 1.82) is 0 Å². The van der Waals surface area contributed by atoms with Crippen LogP contribution >= 0.6 is 0 Å². The number of carbonyl (C=O) groups is 1. The molecule has 1 aliphatic rings. The van der Waals surface area contributed by atoms with Gasteiger partial charge < -0.3 is 19.3 Å². The molecule has 0 N–H and O–H groups in total. The van der Waals surface area contributed by atoms with Crippen LogP contribution in [0.1, 0.15) is 16.7 Å². The highest BCUT2D eigenvalue weighted by Gasteiger charge is 2.21. The molecule has 1 saturated heterocycles. The van der Waals surface area contributed by atoms with Gasteiger partial charge in [-0.2, -0.15) is 0 Å². The van der Waals surface area contributed by atoms with Gasteiger partial charge in [-0.05, 0) is 54.8 Å². The first-order valence-electron chi connectivity index (χ1n) is 10.2. The van der Waals surface area contributed by atoms with Crippen molar-refractivity contribution in [3.63, 3.8) is 0 Å². The van der Waals surface area contributed by atoms with Gasteiger partial charge in [0.15, 0.2) is 11.5 Å². The second-order valence-electron chi connectivity index (χ2n) is 7.37. The van der Waals surface area contributed by atoms with E-state index in [0.29, 0.717) is 31.2 Å². The lowest BCUT2D eigenvalue weighted by atomic mass is 10.1. The summed E-state index contributed by atoms with van der Waals surface area (Å²) in [6, 6.07) is 12.0. The topological polar surface area (TPSA) is 42.0 Å². The van der Waals surface area contributed by atoms with Gasteiger partial charge in [0, 0.05) is 37.9 Å². The summed E-state index contributed by atoms with van der Waals surface area (Å²) >= 11 is 0. The van der Waals surface area contributed by atoms with Crippen LogP contribution in [0.25, 0.3) is 6.08 Å². The number of aryl methyl sites for hydroxylation is 1. The Morgan fingerprint density at radius 1 is 1.10 bits per heavy atom. The van der Waals surface area contributed by atoms with E-state index >= 15 is 0 Å². The van der Waals surface area contributed by atoms with Gasteiger partial charge in [0.05, 0.1) is 7.11 Å². The first-order valence-corrected chi connectivity index (χ1v) is 10.2. The molecule has 0 bridgehead atoms. The molecule has 0 aliphatic carbocycles. The summed E-state index contributed by atoms with van der Waals surface area (Å²) in [6.45, 7) is 11.5. The van der Waals surface area contributed by atoms with Crippen LogP contribution in [0, 0.1) is 13.8 Å². The van der Waals surface area contributed by atoms with Crippen LogP contribution in [0.5, 0.6) is 11.5 Å². The van der Waals surface area contributed by atoms with E-state index in [4.69, 9.17) is 9.47 Å². The Balaban J connectivity index is 1.60. The number of rotatable bonds is 7. The zero-order valence-corrected chi connectivity index (χ0v) is 18.1. The van der Waals surface area contributed by atoms with Gasteiger partial charge in [-0.3, -0.25) is 4.79 Å². The lowest BCUT2D eigenvalue weighted by molar-refractivity contribution is -0.126. The van der Waals surface area contributed by atoms with Crippen molar-refractivity contribution in [2.75, 3.05) is 44.8 Å². The SMILES string of the molecule is C=CCOc1ccc(C=CC(=O)N2CCN(c3cccc(C)c3C)CC2)cc1OC. The fourth-order valence-electron chi connectivity index (χ4n) is 3.57. The standard InChI is InChI=1S/C25H30N2O3/c1-5-17-30-23-11-9-21(18-24(23)29-4)10-12-25(28)27-15-13-26(14-16-27)22-8-6-7-19(2)20(22)3/h5-12,18H,1,13-17H2,2-4H3. The van der Waals surface area contributed by atoms with Crippen LogP contribution in [-0.4, -0.2) is 50.7 Å². The van der Waals surface area contributed by atoms with E-state index in [2.05, 4.69) is 43.5 Å². The molecule has 2 aromatic carbocycles. The predicted octanol–water partition coefficient (Wildman–Crippen LogP) is 4.24. The third-order valence-electron chi connectivity index (χ3n) is 5.47. The fourth-order valence-corrected chi connectivity index (χ4v) is 3.57. The first kappa shape index (κ1) is 21.5. The van der Waals surface area contributed by atoms with E-state index in [1.165, 1.54) is 16.8 Å². The van der Waals surface area contributed by atoms with Crippen molar-refractivity contribution in [3.05, 3.63) is 71.8 Å². The van der Waals surface area contributed by atoms with Crippen molar-refractivity contribution in [1.82, 2.24) is 4.90 Å². The Hall–Kier alpha value is -3.21. The maximum absolute atomic E-state index is 12.7. The van der Waals surface area contributed by atoms with Crippen LogP contribution in [0.3, 0.4) is 0 Å². The number of carbonyl (C=O) groups excluding carboxylic acids is 1. The van der Waals surface area contributed by atoms with E-state index in [9.17, 15) is 4.79 Å². The molecule has 0 atom stereocenters. The van der Waals surface area contributed by atoms with Crippen LogP contribution in [0.15, 0.2) is 55.1 Å². The average Bonchev–Trinajstić information content (AvgIpc) is 2.78. The molecule has 5 nitrogen and oxygen atoms in total. The summed E-state index contributed by atoms with van der Waals surface area (Å²) in [4.78, 5) is 16.9. The van der Waals surface area contributed by atoms with Gasteiger partial charge >= 0.3 is 0 Å². The molecule has 0 radical (unpaired) electrons. The minimum Gasteiger partial charge on any atom is -0.493 e. The first-order chi connectivity index (χ1) is 14.5. The number of hydrogen-bond donors (Lipinski definition) is 0. The highest BCUT2D eigenvalue weighted by molar-refractivity contribution is 5.92. The zero-order chi connectivity index (χ0) is 21.5. The van der Waals surface area contributed by atoms with E-state index in [0.717, 1.165) is 18.7 Å². The Bertz CT molecular complexity index is 928. The molecular weight excluding hydrogens is 376 g/mol. The molecule has 1 heterocycles. The fraction of sp³-hybridized carbons (Fsp3) is 0.320. The zero-order valence-electron chi connectivity index (χ0n) is 18.1. The third-order valence-corrected chi connectivity index (χ3v) is 5.47. The monoisotopic (exact) mass is 406 g/mol. The molecule has 1 amide bonds. The Morgan fingerprint density at radius 2 is 1.87 bits per heavy atom. The van der Waals surface area contributed by atoms with Crippen molar-refractivity contribution in [2.45, 2.75) is 13.8 Å². The van der Waals surface area contributed by atoms with Crippen LogP contribution < -0.4 is 14.4 Å². The Labute approximate surface area is 179 Å². The van der Waals surface area contributed by atoms with Gasteiger partial charge in [-0.25, -0.2) is 0 Å². The van der Waals surface area contributed by atoms with Crippen molar-refractivity contribution in [3.8, 4) is 11.5 Å². The summed E-state index contributed by atoms with van der Waals surface area (Å²) in [7, 11) is 1.60. The van der Waals surface area contributed by atoms with E-state index in [1.807, 2.05) is 29.2 Å². The molecule has 2 aromatic rings. The average molecular weight is 407 g/mol. The molecule has 1 aliphatic heterocycles. The molecule has 0 aromatic heterocycles. The molecule has 1 fully saturated rings. The number of methoxy groups -OCH3 is 1. The quantitative estimate of drug-likeness (QED) is 0.510. The minimum absolute atomic E-state index is 0.0292. The van der Waals surface area contributed by atoms with Crippen molar-refractivity contribution < 1.29 is 14.3 Å². The van der Waals surface area contributed by atoms with Gasteiger partial charge in [-0.1, -0.05) is 30.9 Å². The molecule has 0 unspecified atom stereocenters. The largest absolute Gasteiger partial charge is 0.493 e. The van der Waals surface area contributed by atoms with E-state index in [1.54, 1.807) is 19.3 Å². The Kier molecular flexibility index (Phi) is 7.17. The molecular formula is C25H30N2O3. The highest BCUT2D eigenvalue weighted by atomic mass is 16.5. The van der Waals surface area contributed by atoms with Gasteiger partial charge in [-0.15, -0.1) is 0 Å². The van der Waals surface area contributed by atoms with Crippen LogP contribution in [0.2, 0.25) is 0 Å². The molecule has 30 heavy (non-hydrogen) atoms. The minimum atomic E-state index is 0.0292. The lowest BCUT2D eigenvalue weighted by Crippen LogP contribution is -2.48. The molecule has 3 rings (SSSR count). The van der Waals surface area contributed by atoms with Crippen molar-refractivity contribution >= 4 is 17.7 Å². The van der Waals surface area contributed by atoms with E-state index < -0.39 is 0 Å². The summed E-state index contributed by atoms with van der Waals surface area (Å²) < 4.78 is 11.0. The highest BCUT2D eigenvalue weighted by Crippen LogP contribution is 2.28. The predicted molar refractivity (Wildman–Crippen MR) is 122 cm³/mol. The number of hydrogen-bond acceptors (Lipinski definition) is 4. The van der Waals surface area contributed by atoms with Gasteiger partial charge in [0.2, 0.25) is 5.91 Å². The normalized spacial score (nSPS) is 14.1. The second-order valence-corrected chi connectivity index (χ2v) is 7.37. The lowest BCUT2D eigenvalue weighted by Gasteiger charge is -2.36. The molecule has 5 heteroatoms. The maximum atomic E-state index is 12.7. The number of nitrogens with zero attached hydrogens (tertiary/aromatic N) is 2. The molecule has 0 spiro atoms. The van der Waals surface area contributed by atoms with Crippen LogP contribution in [-0.2, 0) is 4.79 Å². The van der Waals surface area contributed by atoms with Gasteiger partial charge in [0.25, 0.3) is 0 Å². The Morgan fingerprint density at radius 3 is 2.57 bits per heavy atom. The maximum Gasteiger partial charge on any atom is 0.246 e. The summed E-state index contributed by atoms with van der Waals surface area (Å²) in [5.41, 5.74) is 4.76. The summed E-state index contributed by atoms with van der Waals surface area (Å²) in [5, 5.41) is 0. The number of piperazine rings is 1. The number of ether oxygens (including phenoxy) is 2. The van der Waals surface area contributed by atoms with Gasteiger partial charge in [0.1, 0.15) is 6.61 Å². The number of amides is 1. The number of anilines is 1. The smallest absolute Gasteiger partial charge is 0.246 e. The number of benzene rings is 2. The molecule has 158 valence electrons.